The zero-order valence-electron chi connectivity index (χ0n) is 15.8. The molecular formula is C23H26F3NO. The van der Waals surface area contributed by atoms with E-state index in [1.54, 1.807) is 0 Å². The Labute approximate surface area is 164 Å². The number of nitrogens with zero attached hydrogens (tertiary/aromatic N) is 1. The summed E-state index contributed by atoms with van der Waals surface area (Å²) in [7, 11) is 0. The Morgan fingerprint density at radius 3 is 1.93 bits per heavy atom. The second-order valence-corrected chi connectivity index (χ2v) is 7.84. The molecule has 2 nitrogen and oxygen atoms in total. The summed E-state index contributed by atoms with van der Waals surface area (Å²) in [6.07, 6.45) is -2.28. The van der Waals surface area contributed by atoms with Gasteiger partial charge in [-0.1, -0.05) is 67.1 Å². The van der Waals surface area contributed by atoms with Crippen molar-refractivity contribution in [3.05, 3.63) is 71.8 Å². The van der Waals surface area contributed by atoms with E-state index in [0.29, 0.717) is 5.56 Å². The van der Waals surface area contributed by atoms with Crippen LogP contribution in [-0.2, 0) is 4.74 Å². The lowest BCUT2D eigenvalue weighted by Crippen LogP contribution is -2.52. The summed E-state index contributed by atoms with van der Waals surface area (Å²) in [5, 5.41) is 0. The van der Waals surface area contributed by atoms with Crippen LogP contribution in [0, 0.1) is 5.92 Å². The van der Waals surface area contributed by atoms with Crippen LogP contribution >= 0.6 is 0 Å². The van der Waals surface area contributed by atoms with Crippen molar-refractivity contribution in [3.8, 4) is 0 Å². The van der Waals surface area contributed by atoms with E-state index < -0.39 is 30.3 Å². The highest BCUT2D eigenvalue weighted by Crippen LogP contribution is 2.51. The monoisotopic (exact) mass is 389 g/mol. The number of piperidine rings is 1. The fourth-order valence-corrected chi connectivity index (χ4v) is 4.66. The average molecular weight is 389 g/mol. The number of halogens is 3. The first-order valence-corrected chi connectivity index (χ1v) is 10.1. The van der Waals surface area contributed by atoms with E-state index >= 15 is 0 Å². The fourth-order valence-electron chi connectivity index (χ4n) is 4.66. The predicted octanol–water partition coefficient (Wildman–Crippen LogP) is 5.92. The Morgan fingerprint density at radius 2 is 1.36 bits per heavy atom. The summed E-state index contributed by atoms with van der Waals surface area (Å²) in [6.45, 7) is 1.58. The third-order valence-electron chi connectivity index (χ3n) is 6.04. The van der Waals surface area contributed by atoms with Crippen LogP contribution in [0.5, 0.6) is 0 Å². The largest absolute Gasteiger partial charge is 0.392 e. The van der Waals surface area contributed by atoms with Crippen LogP contribution in [0.15, 0.2) is 60.7 Å². The molecule has 0 radical (unpaired) electrons. The molecule has 2 fully saturated rings. The van der Waals surface area contributed by atoms with Crippen LogP contribution < -0.4 is 0 Å². The van der Waals surface area contributed by atoms with Gasteiger partial charge in [-0.05, 0) is 30.4 Å². The number of benzene rings is 2. The molecule has 0 N–H and O–H groups in total. The second-order valence-electron chi connectivity index (χ2n) is 7.84. The molecule has 2 aromatic rings. The molecule has 0 aromatic heterocycles. The van der Waals surface area contributed by atoms with Gasteiger partial charge in [-0.2, -0.15) is 13.2 Å². The first-order chi connectivity index (χ1) is 13.5. The maximum atomic E-state index is 14.2. The molecule has 0 aliphatic carbocycles. The molecule has 150 valence electrons. The van der Waals surface area contributed by atoms with Crippen molar-refractivity contribution in [1.29, 1.82) is 0 Å². The van der Waals surface area contributed by atoms with E-state index in [1.165, 1.54) is 0 Å². The Morgan fingerprint density at radius 1 is 0.786 bits per heavy atom. The van der Waals surface area contributed by atoms with Gasteiger partial charge in [0.2, 0.25) is 0 Å². The average Bonchev–Trinajstić information content (AvgIpc) is 2.74. The highest BCUT2D eigenvalue weighted by Gasteiger charge is 2.53. The SMILES string of the molecule is FC(F)(F)[C@H]1C[C@H](c2ccccc2)O[C@@H](N2CCCCC2)[C@@H]1c1ccccc1. The summed E-state index contributed by atoms with van der Waals surface area (Å²) in [5.41, 5.74) is 1.54. The van der Waals surface area contributed by atoms with E-state index in [4.69, 9.17) is 4.74 Å². The molecule has 28 heavy (non-hydrogen) atoms. The van der Waals surface area contributed by atoms with Gasteiger partial charge in [0.05, 0.1) is 12.0 Å². The molecule has 0 bridgehead atoms. The Kier molecular flexibility index (Phi) is 5.74. The lowest BCUT2D eigenvalue weighted by Gasteiger charge is -2.48. The van der Waals surface area contributed by atoms with Crippen LogP contribution in [0.3, 0.4) is 0 Å². The Hall–Kier alpha value is -1.85. The Bertz CT molecular complexity index is 743. The van der Waals surface area contributed by atoms with Crippen molar-refractivity contribution in [1.82, 2.24) is 4.90 Å². The number of rotatable bonds is 3. The standard InChI is InChI=1S/C23H26F3NO/c24-23(25,26)19-16-20(17-10-4-1-5-11-17)28-22(27-14-8-3-9-15-27)21(19)18-12-6-2-7-13-18/h1-2,4-7,10-13,19-22H,3,8-9,14-16H2/t19-,20+,21+,22+/m0/s1. The molecule has 0 saturated carbocycles. The number of likely N-dealkylation sites (tertiary alicyclic amines) is 1. The number of hydrogen-bond acceptors (Lipinski definition) is 2. The van der Waals surface area contributed by atoms with Gasteiger partial charge in [0.25, 0.3) is 0 Å². The van der Waals surface area contributed by atoms with Crippen LogP contribution in [-0.4, -0.2) is 30.4 Å². The van der Waals surface area contributed by atoms with Crippen LogP contribution in [0.1, 0.15) is 48.8 Å². The maximum Gasteiger partial charge on any atom is 0.392 e. The van der Waals surface area contributed by atoms with E-state index in [9.17, 15) is 13.2 Å². The van der Waals surface area contributed by atoms with Gasteiger partial charge in [0.1, 0.15) is 6.23 Å². The van der Waals surface area contributed by atoms with Crippen molar-refractivity contribution >= 4 is 0 Å². The van der Waals surface area contributed by atoms with Crippen molar-refractivity contribution in [3.63, 3.8) is 0 Å². The molecule has 0 spiro atoms. The van der Waals surface area contributed by atoms with Crippen LogP contribution in [0.4, 0.5) is 13.2 Å². The normalized spacial score (nSPS) is 29.5. The predicted molar refractivity (Wildman–Crippen MR) is 103 cm³/mol. The minimum absolute atomic E-state index is 0.0442. The molecule has 2 aliphatic heterocycles. The van der Waals surface area contributed by atoms with E-state index in [-0.39, 0.29) is 6.42 Å². The molecule has 2 saturated heterocycles. The number of alkyl halides is 3. The van der Waals surface area contributed by atoms with E-state index in [1.807, 2.05) is 60.7 Å². The minimum Gasteiger partial charge on any atom is -0.355 e. The van der Waals surface area contributed by atoms with Gasteiger partial charge in [-0.25, -0.2) is 0 Å². The number of ether oxygens (including phenoxy) is 1. The zero-order valence-corrected chi connectivity index (χ0v) is 15.8. The molecule has 5 heteroatoms. The van der Waals surface area contributed by atoms with Crippen molar-refractivity contribution in [2.75, 3.05) is 13.1 Å². The summed E-state index contributed by atoms with van der Waals surface area (Å²) in [5.74, 6) is -2.14. The van der Waals surface area contributed by atoms with Crippen molar-refractivity contribution in [2.24, 2.45) is 5.92 Å². The van der Waals surface area contributed by atoms with Crippen molar-refractivity contribution in [2.45, 2.75) is 50.1 Å². The summed E-state index contributed by atoms with van der Waals surface area (Å²) < 4.78 is 49.1. The maximum absolute atomic E-state index is 14.2. The topological polar surface area (TPSA) is 12.5 Å². The summed E-state index contributed by atoms with van der Waals surface area (Å²) in [6, 6.07) is 18.4. The highest BCUT2D eigenvalue weighted by molar-refractivity contribution is 5.25. The van der Waals surface area contributed by atoms with Crippen LogP contribution in [0.2, 0.25) is 0 Å². The lowest BCUT2D eigenvalue weighted by atomic mass is 9.77. The summed E-state index contributed by atoms with van der Waals surface area (Å²) >= 11 is 0. The van der Waals surface area contributed by atoms with Gasteiger partial charge >= 0.3 is 6.18 Å². The van der Waals surface area contributed by atoms with Crippen molar-refractivity contribution < 1.29 is 17.9 Å². The smallest absolute Gasteiger partial charge is 0.355 e. The molecule has 0 unspecified atom stereocenters. The molecule has 4 rings (SSSR count). The van der Waals surface area contributed by atoms with Gasteiger partial charge in [0, 0.05) is 19.0 Å². The van der Waals surface area contributed by atoms with E-state index in [2.05, 4.69) is 4.90 Å². The van der Waals surface area contributed by atoms with Gasteiger partial charge in [-0.15, -0.1) is 0 Å². The molecule has 0 amide bonds. The third-order valence-corrected chi connectivity index (χ3v) is 6.04. The molecular weight excluding hydrogens is 363 g/mol. The lowest BCUT2D eigenvalue weighted by molar-refractivity contribution is -0.246. The van der Waals surface area contributed by atoms with E-state index in [0.717, 1.165) is 37.9 Å². The fraction of sp³-hybridized carbons (Fsp3) is 0.478. The highest BCUT2D eigenvalue weighted by atomic mass is 19.4. The summed E-state index contributed by atoms with van der Waals surface area (Å²) in [4.78, 5) is 2.13. The molecule has 4 atom stereocenters. The van der Waals surface area contributed by atoms with Gasteiger partial charge < -0.3 is 4.74 Å². The first kappa shape index (κ1) is 19.5. The molecule has 2 aliphatic rings. The second kappa shape index (κ2) is 8.26. The first-order valence-electron chi connectivity index (χ1n) is 10.1. The quantitative estimate of drug-likeness (QED) is 0.646. The molecule has 2 aromatic carbocycles. The Balaban J connectivity index is 1.74. The number of hydrogen-bond donors (Lipinski definition) is 0. The minimum atomic E-state index is -4.27. The van der Waals surface area contributed by atoms with Crippen LogP contribution in [0.25, 0.3) is 0 Å². The zero-order chi connectivity index (χ0) is 19.6. The molecule has 2 heterocycles. The van der Waals surface area contributed by atoms with Gasteiger partial charge in [-0.3, -0.25) is 4.90 Å². The van der Waals surface area contributed by atoms with Gasteiger partial charge in [0.15, 0.2) is 0 Å². The third kappa shape index (κ3) is 4.11.